The molecule has 0 aliphatic heterocycles. The van der Waals surface area contributed by atoms with E-state index >= 15 is 0 Å². The molecule has 4 rings (SSSR count). The minimum atomic E-state index is 0.272. The predicted octanol–water partition coefficient (Wildman–Crippen LogP) is 6.40. The van der Waals surface area contributed by atoms with Crippen molar-refractivity contribution in [3.05, 3.63) is 47.5 Å². The number of ether oxygens (including phenoxy) is 1. The van der Waals surface area contributed by atoms with Gasteiger partial charge >= 0.3 is 0 Å². The first-order valence-electron chi connectivity index (χ1n) is 11.9. The van der Waals surface area contributed by atoms with E-state index < -0.39 is 0 Å². The molecule has 2 aliphatic rings. The summed E-state index contributed by atoms with van der Waals surface area (Å²) >= 11 is 4.62. The first kappa shape index (κ1) is 23.3. The summed E-state index contributed by atoms with van der Waals surface area (Å²) in [5.41, 5.74) is 12.8. The van der Waals surface area contributed by atoms with Crippen LogP contribution in [0.3, 0.4) is 0 Å². The molecule has 0 spiro atoms. The summed E-state index contributed by atoms with van der Waals surface area (Å²) in [6.45, 7) is 2.33. The van der Waals surface area contributed by atoms with Crippen LogP contribution >= 0.6 is 12.6 Å². The van der Waals surface area contributed by atoms with E-state index in [9.17, 15) is 0 Å². The minimum Gasteiger partial charge on any atom is -0.497 e. The monoisotopic (exact) mass is 456 g/mol. The maximum atomic E-state index is 6.41. The largest absolute Gasteiger partial charge is 0.497 e. The zero-order valence-corrected chi connectivity index (χ0v) is 20.1. The molecule has 2 aromatic rings. The van der Waals surface area contributed by atoms with Gasteiger partial charge < -0.3 is 15.4 Å². The first-order chi connectivity index (χ1) is 15.5. The molecular formula is C26H36N2O3S. The maximum absolute atomic E-state index is 6.41. The Morgan fingerprint density at radius 2 is 1.53 bits per heavy atom. The van der Waals surface area contributed by atoms with E-state index in [1.807, 2.05) is 18.2 Å². The zero-order chi connectivity index (χ0) is 22.5. The van der Waals surface area contributed by atoms with E-state index in [1.165, 1.54) is 36.8 Å². The molecule has 0 bridgehead atoms. The highest BCUT2D eigenvalue weighted by Crippen LogP contribution is 2.42. The molecule has 174 valence electrons. The van der Waals surface area contributed by atoms with Gasteiger partial charge in [-0.2, -0.15) is 5.48 Å². The van der Waals surface area contributed by atoms with Crippen molar-refractivity contribution >= 4 is 18.3 Å². The lowest BCUT2D eigenvalue weighted by Gasteiger charge is -2.29. The SMILES string of the molecule is COc1ccc(C2CCC(NOOc3ccc(C4CCC(C)CC4)c(N)c3S)CC2)cc1. The summed E-state index contributed by atoms with van der Waals surface area (Å²) in [6.07, 6.45) is 9.21. The topological polar surface area (TPSA) is 65.7 Å². The average molecular weight is 457 g/mol. The molecule has 0 unspecified atom stereocenters. The smallest absolute Gasteiger partial charge is 0.182 e. The number of methoxy groups -OCH3 is 1. The van der Waals surface area contributed by atoms with Crippen LogP contribution in [0.2, 0.25) is 0 Å². The Hall–Kier alpha value is -1.89. The van der Waals surface area contributed by atoms with Crippen molar-refractivity contribution in [3.63, 3.8) is 0 Å². The maximum Gasteiger partial charge on any atom is 0.182 e. The van der Waals surface area contributed by atoms with Crippen molar-refractivity contribution < 1.29 is 14.6 Å². The van der Waals surface area contributed by atoms with Crippen molar-refractivity contribution in [3.8, 4) is 11.5 Å². The van der Waals surface area contributed by atoms with Crippen LogP contribution in [0, 0.1) is 5.92 Å². The van der Waals surface area contributed by atoms with Crippen molar-refractivity contribution in [2.45, 2.75) is 81.1 Å². The van der Waals surface area contributed by atoms with Gasteiger partial charge in [0.15, 0.2) is 5.75 Å². The van der Waals surface area contributed by atoms with Crippen LogP contribution in [-0.4, -0.2) is 13.2 Å². The van der Waals surface area contributed by atoms with Gasteiger partial charge in [0.25, 0.3) is 0 Å². The zero-order valence-electron chi connectivity index (χ0n) is 19.2. The van der Waals surface area contributed by atoms with Crippen LogP contribution in [0.25, 0.3) is 0 Å². The number of nitrogen functional groups attached to an aromatic ring is 1. The van der Waals surface area contributed by atoms with E-state index in [0.29, 0.717) is 28.2 Å². The van der Waals surface area contributed by atoms with Crippen LogP contribution < -0.4 is 20.8 Å². The molecule has 32 heavy (non-hydrogen) atoms. The number of benzene rings is 2. The number of thiol groups is 1. The molecule has 0 atom stereocenters. The summed E-state index contributed by atoms with van der Waals surface area (Å²) in [5, 5.41) is 0. The van der Waals surface area contributed by atoms with Gasteiger partial charge in [-0.3, -0.25) is 0 Å². The molecule has 3 N–H and O–H groups in total. The Bertz CT molecular complexity index is 873. The summed E-state index contributed by atoms with van der Waals surface area (Å²) in [7, 11) is 1.70. The van der Waals surface area contributed by atoms with Crippen LogP contribution in [0.5, 0.6) is 11.5 Å². The standard InChI is InChI=1S/C26H36N2O3S/c1-17-3-5-20(6-4-17)23-15-16-24(26(32)25(23)27)30-31-28-21-11-7-18(8-12-21)19-9-13-22(29-2)14-10-19/h9-10,13-18,20-21,28,32H,3-8,11-12,27H2,1-2H3. The number of hydrogen-bond acceptors (Lipinski definition) is 6. The normalized spacial score (nSPS) is 26.0. The Morgan fingerprint density at radius 1 is 0.875 bits per heavy atom. The number of anilines is 1. The van der Waals surface area contributed by atoms with E-state index in [0.717, 1.165) is 37.4 Å². The third-order valence-electron chi connectivity index (χ3n) is 7.33. The van der Waals surface area contributed by atoms with Crippen molar-refractivity contribution in [2.75, 3.05) is 12.8 Å². The molecule has 0 saturated heterocycles. The second-order valence-electron chi connectivity index (χ2n) is 9.48. The third-order valence-corrected chi connectivity index (χ3v) is 7.79. The fraction of sp³-hybridized carbons (Fsp3) is 0.538. The number of hydrogen-bond donors (Lipinski definition) is 3. The minimum absolute atomic E-state index is 0.272. The molecule has 5 nitrogen and oxygen atoms in total. The second-order valence-corrected chi connectivity index (χ2v) is 9.93. The van der Waals surface area contributed by atoms with Gasteiger partial charge in [0.1, 0.15) is 5.75 Å². The molecule has 2 fully saturated rings. The van der Waals surface area contributed by atoms with Gasteiger partial charge in [0.05, 0.1) is 17.7 Å². The van der Waals surface area contributed by atoms with E-state index in [-0.39, 0.29) is 6.04 Å². The van der Waals surface area contributed by atoms with Crippen LogP contribution in [-0.2, 0) is 4.99 Å². The number of hydroxylamine groups is 1. The summed E-state index contributed by atoms with van der Waals surface area (Å²) in [5.74, 6) is 3.37. The first-order valence-corrected chi connectivity index (χ1v) is 12.3. The Morgan fingerprint density at radius 3 is 2.19 bits per heavy atom. The van der Waals surface area contributed by atoms with E-state index in [2.05, 4.69) is 43.2 Å². The van der Waals surface area contributed by atoms with Crippen molar-refractivity contribution in [2.24, 2.45) is 5.92 Å². The summed E-state index contributed by atoms with van der Waals surface area (Å²) < 4.78 is 5.26. The van der Waals surface area contributed by atoms with E-state index in [4.69, 9.17) is 20.3 Å². The summed E-state index contributed by atoms with van der Waals surface area (Å²) in [4.78, 5) is 11.6. The Labute approximate surface area is 197 Å². The lowest BCUT2D eigenvalue weighted by molar-refractivity contribution is -0.269. The highest BCUT2D eigenvalue weighted by atomic mass is 32.1. The van der Waals surface area contributed by atoms with Gasteiger partial charge in [-0.05, 0) is 85.6 Å². The molecular weight excluding hydrogens is 420 g/mol. The molecule has 2 saturated carbocycles. The summed E-state index contributed by atoms with van der Waals surface area (Å²) in [6, 6.07) is 12.7. The molecule has 6 heteroatoms. The number of nitrogens with one attached hydrogen (secondary N) is 1. The molecule has 0 aromatic heterocycles. The van der Waals surface area contributed by atoms with Crippen LogP contribution in [0.15, 0.2) is 41.3 Å². The molecule has 0 radical (unpaired) electrons. The number of rotatable bonds is 7. The van der Waals surface area contributed by atoms with Gasteiger partial charge in [0.2, 0.25) is 0 Å². The average Bonchev–Trinajstić information content (AvgIpc) is 2.83. The molecule has 0 heterocycles. The highest BCUT2D eigenvalue weighted by Gasteiger charge is 2.25. The molecule has 2 aromatic carbocycles. The third kappa shape index (κ3) is 5.53. The molecule has 2 aliphatic carbocycles. The van der Waals surface area contributed by atoms with Crippen LogP contribution in [0.4, 0.5) is 5.69 Å². The highest BCUT2D eigenvalue weighted by molar-refractivity contribution is 7.80. The van der Waals surface area contributed by atoms with Crippen molar-refractivity contribution in [1.29, 1.82) is 0 Å². The predicted molar refractivity (Wildman–Crippen MR) is 131 cm³/mol. The van der Waals surface area contributed by atoms with Gasteiger partial charge in [-0.1, -0.05) is 43.0 Å². The Balaban J connectivity index is 1.24. The second kappa shape index (κ2) is 10.8. The van der Waals surface area contributed by atoms with Gasteiger partial charge in [-0.15, -0.1) is 12.6 Å². The van der Waals surface area contributed by atoms with Gasteiger partial charge in [-0.25, -0.2) is 0 Å². The van der Waals surface area contributed by atoms with Crippen LogP contribution in [0.1, 0.15) is 81.3 Å². The van der Waals surface area contributed by atoms with E-state index in [1.54, 1.807) is 7.11 Å². The molecule has 0 amide bonds. The van der Waals surface area contributed by atoms with Gasteiger partial charge in [0, 0.05) is 6.04 Å². The Kier molecular flexibility index (Phi) is 7.87. The lowest BCUT2D eigenvalue weighted by Crippen LogP contribution is -2.33. The fourth-order valence-corrected chi connectivity index (χ4v) is 5.40. The fourth-order valence-electron chi connectivity index (χ4n) is 5.16. The quantitative estimate of drug-likeness (QED) is 0.195. The lowest BCUT2D eigenvalue weighted by atomic mass is 9.79. The number of nitrogens with two attached hydrogens (primary N) is 1. The van der Waals surface area contributed by atoms with Crippen molar-refractivity contribution in [1.82, 2.24) is 5.48 Å².